The first-order valence-electron chi connectivity index (χ1n) is 10.5. The second kappa shape index (κ2) is 10.8. The summed E-state index contributed by atoms with van der Waals surface area (Å²) in [6.45, 7) is 1.66. The van der Waals surface area contributed by atoms with Crippen LogP contribution in [-0.2, 0) is 14.3 Å². The van der Waals surface area contributed by atoms with Crippen molar-refractivity contribution in [2.24, 2.45) is 0 Å². The third-order valence-corrected chi connectivity index (χ3v) is 5.89. The molecule has 0 fully saturated rings. The number of carbonyl (C=O) groups excluding carboxylic acids is 3. The SMILES string of the molecule is CC(OC(=O)c1ccccc1SCC(=O)Nc1ccc2c(c1)OCO2)C(=O)Nc1ccccc1. The Morgan fingerprint density at radius 3 is 2.47 bits per heavy atom. The second-order valence-corrected chi connectivity index (χ2v) is 8.32. The molecular weight excluding hydrogens is 456 g/mol. The highest BCUT2D eigenvalue weighted by molar-refractivity contribution is 8.00. The minimum atomic E-state index is -1.000. The van der Waals surface area contributed by atoms with Crippen LogP contribution in [0.15, 0.2) is 77.7 Å². The smallest absolute Gasteiger partial charge is 0.340 e. The van der Waals surface area contributed by atoms with Gasteiger partial charge in [-0.1, -0.05) is 30.3 Å². The van der Waals surface area contributed by atoms with Crippen molar-refractivity contribution in [3.63, 3.8) is 0 Å². The van der Waals surface area contributed by atoms with Crippen molar-refractivity contribution in [3.8, 4) is 11.5 Å². The molecule has 8 nitrogen and oxygen atoms in total. The number of benzene rings is 3. The fourth-order valence-electron chi connectivity index (χ4n) is 3.12. The van der Waals surface area contributed by atoms with Crippen molar-refractivity contribution < 1.29 is 28.6 Å². The molecule has 0 saturated heterocycles. The molecule has 3 aromatic rings. The molecular formula is C25H22N2O6S. The highest BCUT2D eigenvalue weighted by atomic mass is 32.2. The number of thioether (sulfide) groups is 1. The molecule has 0 radical (unpaired) electrons. The number of esters is 1. The van der Waals surface area contributed by atoms with Crippen LogP contribution in [0.3, 0.4) is 0 Å². The van der Waals surface area contributed by atoms with Crippen LogP contribution >= 0.6 is 11.8 Å². The van der Waals surface area contributed by atoms with E-state index in [1.165, 1.54) is 18.7 Å². The lowest BCUT2D eigenvalue weighted by Crippen LogP contribution is -2.30. The molecule has 0 saturated carbocycles. The van der Waals surface area contributed by atoms with Gasteiger partial charge in [0.2, 0.25) is 12.7 Å². The van der Waals surface area contributed by atoms with Crippen molar-refractivity contribution in [2.75, 3.05) is 23.2 Å². The van der Waals surface area contributed by atoms with Crippen LogP contribution in [0.2, 0.25) is 0 Å². The zero-order valence-electron chi connectivity index (χ0n) is 18.3. The Bertz CT molecular complexity index is 1200. The average molecular weight is 479 g/mol. The van der Waals surface area contributed by atoms with Crippen LogP contribution in [0, 0.1) is 0 Å². The Morgan fingerprint density at radius 1 is 0.912 bits per heavy atom. The summed E-state index contributed by atoms with van der Waals surface area (Å²) in [5.41, 5.74) is 1.48. The van der Waals surface area contributed by atoms with Crippen LogP contribution in [0.1, 0.15) is 17.3 Å². The minimum Gasteiger partial charge on any atom is -0.454 e. The van der Waals surface area contributed by atoms with Crippen LogP contribution < -0.4 is 20.1 Å². The molecule has 0 spiro atoms. The quantitative estimate of drug-likeness (QED) is 0.367. The lowest BCUT2D eigenvalue weighted by molar-refractivity contribution is -0.123. The standard InChI is InChI=1S/C25H22N2O6S/c1-16(24(29)27-17-7-3-2-4-8-17)33-25(30)19-9-5-6-10-22(19)34-14-23(28)26-18-11-12-20-21(13-18)32-15-31-20/h2-13,16H,14-15H2,1H3,(H,26,28)(H,27,29). The van der Waals surface area contributed by atoms with Gasteiger partial charge >= 0.3 is 5.97 Å². The lowest BCUT2D eigenvalue weighted by Gasteiger charge is -2.15. The molecule has 174 valence electrons. The number of rotatable bonds is 8. The van der Waals surface area contributed by atoms with E-state index >= 15 is 0 Å². The van der Waals surface area contributed by atoms with Crippen LogP contribution in [0.4, 0.5) is 11.4 Å². The number of amides is 2. The normalized spacial score (nSPS) is 12.5. The van der Waals surface area contributed by atoms with Crippen molar-refractivity contribution in [1.29, 1.82) is 0 Å². The van der Waals surface area contributed by atoms with Gasteiger partial charge in [-0.05, 0) is 43.3 Å². The molecule has 2 N–H and O–H groups in total. The maximum Gasteiger partial charge on any atom is 0.340 e. The molecule has 0 aliphatic carbocycles. The highest BCUT2D eigenvalue weighted by Gasteiger charge is 2.21. The van der Waals surface area contributed by atoms with Gasteiger partial charge in [0.1, 0.15) is 0 Å². The summed E-state index contributed by atoms with van der Waals surface area (Å²) >= 11 is 1.20. The molecule has 1 aliphatic rings. The maximum absolute atomic E-state index is 12.7. The van der Waals surface area contributed by atoms with Crippen molar-refractivity contribution in [2.45, 2.75) is 17.9 Å². The van der Waals surface area contributed by atoms with Gasteiger partial charge in [0, 0.05) is 22.3 Å². The van der Waals surface area contributed by atoms with Gasteiger partial charge in [0.05, 0.1) is 11.3 Å². The van der Waals surface area contributed by atoms with E-state index in [-0.39, 0.29) is 24.0 Å². The number of hydrogen-bond acceptors (Lipinski definition) is 7. The van der Waals surface area contributed by atoms with E-state index in [0.717, 1.165) is 0 Å². The van der Waals surface area contributed by atoms with E-state index < -0.39 is 18.0 Å². The first-order valence-corrected chi connectivity index (χ1v) is 11.5. The number of nitrogens with one attached hydrogen (secondary N) is 2. The molecule has 0 bridgehead atoms. The van der Waals surface area contributed by atoms with Crippen molar-refractivity contribution in [3.05, 3.63) is 78.4 Å². The lowest BCUT2D eigenvalue weighted by atomic mass is 10.2. The van der Waals surface area contributed by atoms with Crippen LogP contribution in [-0.4, -0.2) is 36.4 Å². The molecule has 1 unspecified atom stereocenters. The van der Waals surface area contributed by atoms with Gasteiger partial charge in [-0.3, -0.25) is 9.59 Å². The molecule has 3 aromatic carbocycles. The number of hydrogen-bond donors (Lipinski definition) is 2. The summed E-state index contributed by atoms with van der Waals surface area (Å²) < 4.78 is 15.9. The fourth-order valence-corrected chi connectivity index (χ4v) is 3.96. The van der Waals surface area contributed by atoms with E-state index in [1.54, 1.807) is 66.7 Å². The Labute approximate surface area is 200 Å². The third kappa shape index (κ3) is 5.87. The molecule has 1 atom stereocenters. The topological polar surface area (TPSA) is 103 Å². The van der Waals surface area contributed by atoms with Crippen molar-refractivity contribution >= 4 is 40.9 Å². The van der Waals surface area contributed by atoms with Gasteiger partial charge in [0.15, 0.2) is 17.6 Å². The molecule has 0 aromatic heterocycles. The van der Waals surface area contributed by atoms with Gasteiger partial charge in [-0.15, -0.1) is 11.8 Å². The summed E-state index contributed by atoms with van der Waals surface area (Å²) in [5, 5.41) is 5.50. The zero-order chi connectivity index (χ0) is 23.9. The largest absolute Gasteiger partial charge is 0.454 e. The Balaban J connectivity index is 1.33. The summed E-state index contributed by atoms with van der Waals surface area (Å²) in [7, 11) is 0. The predicted octanol–water partition coefficient (Wildman–Crippen LogP) is 4.33. The molecule has 4 rings (SSSR count). The molecule has 1 heterocycles. The van der Waals surface area contributed by atoms with E-state index in [1.807, 2.05) is 6.07 Å². The van der Waals surface area contributed by atoms with Gasteiger partial charge in [-0.2, -0.15) is 0 Å². The Morgan fingerprint density at radius 2 is 1.65 bits per heavy atom. The molecule has 9 heteroatoms. The summed E-state index contributed by atoms with van der Waals surface area (Å²) in [4.78, 5) is 38.1. The monoisotopic (exact) mass is 478 g/mol. The average Bonchev–Trinajstić information content (AvgIpc) is 3.31. The van der Waals surface area contributed by atoms with Gasteiger partial charge in [0.25, 0.3) is 5.91 Å². The summed E-state index contributed by atoms with van der Waals surface area (Å²) in [6, 6.07) is 20.8. The van der Waals surface area contributed by atoms with Gasteiger partial charge < -0.3 is 24.8 Å². The predicted molar refractivity (Wildman–Crippen MR) is 128 cm³/mol. The van der Waals surface area contributed by atoms with E-state index in [9.17, 15) is 14.4 Å². The molecule has 34 heavy (non-hydrogen) atoms. The highest BCUT2D eigenvalue weighted by Crippen LogP contribution is 2.34. The summed E-state index contributed by atoms with van der Waals surface area (Å²) in [6.07, 6.45) is -1.000. The van der Waals surface area contributed by atoms with Crippen LogP contribution in [0.5, 0.6) is 11.5 Å². The summed E-state index contributed by atoms with van der Waals surface area (Å²) in [5.74, 6) is -0.0520. The van der Waals surface area contributed by atoms with Crippen molar-refractivity contribution in [1.82, 2.24) is 0 Å². The number of fused-ring (bicyclic) bond motifs is 1. The third-order valence-electron chi connectivity index (χ3n) is 4.82. The van der Waals surface area contributed by atoms with E-state index in [2.05, 4.69) is 10.6 Å². The zero-order valence-corrected chi connectivity index (χ0v) is 19.1. The number of para-hydroxylation sites is 1. The number of carbonyl (C=O) groups is 3. The Kier molecular flexibility index (Phi) is 7.34. The maximum atomic E-state index is 12.7. The first-order chi connectivity index (χ1) is 16.5. The van der Waals surface area contributed by atoms with Gasteiger partial charge in [-0.25, -0.2) is 4.79 Å². The Hall–Kier alpha value is -3.98. The van der Waals surface area contributed by atoms with E-state index in [0.29, 0.717) is 27.8 Å². The van der Waals surface area contributed by atoms with Crippen LogP contribution in [0.25, 0.3) is 0 Å². The van der Waals surface area contributed by atoms with E-state index in [4.69, 9.17) is 14.2 Å². The first kappa shape index (κ1) is 23.2. The molecule has 2 amide bonds. The minimum absolute atomic E-state index is 0.0722. The number of ether oxygens (including phenoxy) is 3. The fraction of sp³-hybridized carbons (Fsp3) is 0.160. The molecule has 1 aliphatic heterocycles. The second-order valence-electron chi connectivity index (χ2n) is 7.30. The number of anilines is 2.